The van der Waals surface area contributed by atoms with Gasteiger partial charge in [-0.2, -0.15) is 0 Å². The van der Waals surface area contributed by atoms with E-state index in [4.69, 9.17) is 4.42 Å². The third kappa shape index (κ3) is 3.19. The van der Waals surface area contributed by atoms with Crippen LogP contribution in [0.15, 0.2) is 138 Å². The van der Waals surface area contributed by atoms with Crippen LogP contribution in [0.1, 0.15) is 25.0 Å². The second kappa shape index (κ2) is 8.44. The number of benzene rings is 7. The molecule has 1 aliphatic carbocycles. The predicted octanol–water partition coefficient (Wildman–Crippen LogP) is 11.5. The molecule has 1 nitrogen and oxygen atoms in total. The van der Waals surface area contributed by atoms with E-state index in [0.717, 1.165) is 16.6 Å². The lowest BCUT2D eigenvalue weighted by atomic mass is 9.80. The first-order chi connectivity index (χ1) is 20.6. The smallest absolute Gasteiger partial charge is 0.143 e. The van der Waals surface area contributed by atoms with Crippen LogP contribution in [-0.4, -0.2) is 0 Å². The van der Waals surface area contributed by atoms with Gasteiger partial charge in [0.2, 0.25) is 0 Å². The Morgan fingerprint density at radius 2 is 1.21 bits per heavy atom. The molecule has 0 radical (unpaired) electrons. The lowest BCUT2D eigenvalue weighted by molar-refractivity contribution is 0.661. The fraction of sp³-hybridized carbons (Fsp3) is 0.0732. The lowest BCUT2D eigenvalue weighted by Gasteiger charge is -2.22. The van der Waals surface area contributed by atoms with Gasteiger partial charge in [0, 0.05) is 21.6 Å². The van der Waals surface area contributed by atoms with Crippen molar-refractivity contribution in [2.45, 2.75) is 19.3 Å². The fourth-order valence-corrected chi connectivity index (χ4v) is 7.34. The summed E-state index contributed by atoms with van der Waals surface area (Å²) in [5.74, 6) is 0. The summed E-state index contributed by atoms with van der Waals surface area (Å²) in [6.45, 7) is 4.74. The molecule has 7 aromatic carbocycles. The molecule has 1 aliphatic rings. The maximum absolute atomic E-state index is 6.50. The standard InChI is InChI=1S/C41H28O/c1-41(2)36-23-28(30-16-9-17-38-39(30)33-21-18-26-12-6-7-14-31(26)40(33)42-38)19-20-32(36)35-24-34-27(22-37(35)41)13-8-15-29(34)25-10-4-3-5-11-25/h3-24H,1-2H3. The van der Waals surface area contributed by atoms with Gasteiger partial charge in [0.15, 0.2) is 0 Å². The zero-order valence-electron chi connectivity index (χ0n) is 23.6. The van der Waals surface area contributed by atoms with Crippen LogP contribution in [-0.2, 0) is 5.41 Å². The number of rotatable bonds is 2. The van der Waals surface area contributed by atoms with Crippen molar-refractivity contribution in [3.05, 3.63) is 145 Å². The monoisotopic (exact) mass is 536 g/mol. The molecule has 42 heavy (non-hydrogen) atoms. The van der Waals surface area contributed by atoms with Gasteiger partial charge in [0.05, 0.1) is 0 Å². The minimum absolute atomic E-state index is 0.111. The average Bonchev–Trinajstić information content (AvgIpc) is 3.53. The summed E-state index contributed by atoms with van der Waals surface area (Å²) in [5, 5.41) is 7.30. The highest BCUT2D eigenvalue weighted by Gasteiger charge is 2.36. The van der Waals surface area contributed by atoms with Gasteiger partial charge in [-0.15, -0.1) is 0 Å². The average molecular weight is 537 g/mol. The van der Waals surface area contributed by atoms with Gasteiger partial charge in [-0.25, -0.2) is 0 Å². The molecule has 0 aliphatic heterocycles. The van der Waals surface area contributed by atoms with Crippen molar-refractivity contribution in [2.24, 2.45) is 0 Å². The molecule has 9 rings (SSSR count). The summed E-state index contributed by atoms with van der Waals surface area (Å²) >= 11 is 0. The topological polar surface area (TPSA) is 13.1 Å². The largest absolute Gasteiger partial charge is 0.455 e. The molecule has 0 bridgehead atoms. The summed E-state index contributed by atoms with van der Waals surface area (Å²) in [4.78, 5) is 0. The Bertz CT molecular complexity index is 2370. The molecule has 0 amide bonds. The summed E-state index contributed by atoms with van der Waals surface area (Å²) in [5.41, 5.74) is 12.2. The fourth-order valence-electron chi connectivity index (χ4n) is 7.34. The first kappa shape index (κ1) is 23.6. The summed E-state index contributed by atoms with van der Waals surface area (Å²) in [7, 11) is 0. The molecule has 0 saturated carbocycles. The van der Waals surface area contributed by atoms with E-state index in [1.54, 1.807) is 0 Å². The zero-order valence-corrected chi connectivity index (χ0v) is 23.6. The van der Waals surface area contributed by atoms with E-state index < -0.39 is 0 Å². The molecule has 0 spiro atoms. The molecule has 198 valence electrons. The molecular weight excluding hydrogens is 508 g/mol. The summed E-state index contributed by atoms with van der Waals surface area (Å²) in [6, 6.07) is 48.7. The van der Waals surface area contributed by atoms with Crippen LogP contribution >= 0.6 is 0 Å². The maximum atomic E-state index is 6.50. The van der Waals surface area contributed by atoms with Crippen LogP contribution < -0.4 is 0 Å². The first-order valence-electron chi connectivity index (χ1n) is 14.7. The minimum Gasteiger partial charge on any atom is -0.455 e. The number of furan rings is 1. The SMILES string of the molecule is CC1(C)c2cc(-c3cccc4oc5c6ccccc6ccc5c34)ccc2-c2cc3c(-c4ccccc4)cccc3cc21. The highest BCUT2D eigenvalue weighted by atomic mass is 16.3. The van der Waals surface area contributed by atoms with Crippen molar-refractivity contribution >= 4 is 43.5 Å². The Balaban J connectivity index is 1.25. The Hall–Kier alpha value is -5.14. The highest BCUT2D eigenvalue weighted by molar-refractivity contribution is 6.19. The van der Waals surface area contributed by atoms with Gasteiger partial charge in [-0.1, -0.05) is 117 Å². The van der Waals surface area contributed by atoms with Crippen molar-refractivity contribution in [3.63, 3.8) is 0 Å². The first-order valence-corrected chi connectivity index (χ1v) is 14.7. The van der Waals surface area contributed by atoms with Gasteiger partial charge in [-0.05, 0) is 91.0 Å². The second-order valence-electron chi connectivity index (χ2n) is 12.1. The van der Waals surface area contributed by atoms with E-state index >= 15 is 0 Å². The third-order valence-corrected chi connectivity index (χ3v) is 9.46. The molecular formula is C41H28O. The van der Waals surface area contributed by atoms with Crippen molar-refractivity contribution in [1.29, 1.82) is 0 Å². The van der Waals surface area contributed by atoms with E-state index in [0.29, 0.717) is 0 Å². The van der Waals surface area contributed by atoms with E-state index in [1.165, 1.54) is 71.4 Å². The maximum Gasteiger partial charge on any atom is 0.143 e. The van der Waals surface area contributed by atoms with Crippen LogP contribution in [0.2, 0.25) is 0 Å². The van der Waals surface area contributed by atoms with Crippen LogP contribution in [0, 0.1) is 0 Å². The van der Waals surface area contributed by atoms with Crippen LogP contribution in [0.4, 0.5) is 0 Å². The number of hydrogen-bond acceptors (Lipinski definition) is 1. The number of fused-ring (bicyclic) bond motifs is 9. The van der Waals surface area contributed by atoms with Crippen LogP contribution in [0.3, 0.4) is 0 Å². The predicted molar refractivity (Wildman–Crippen MR) is 177 cm³/mol. The molecule has 8 aromatic rings. The van der Waals surface area contributed by atoms with Gasteiger partial charge in [0.25, 0.3) is 0 Å². The number of hydrogen-bond donors (Lipinski definition) is 0. The van der Waals surface area contributed by atoms with Crippen molar-refractivity contribution in [1.82, 2.24) is 0 Å². The van der Waals surface area contributed by atoms with E-state index in [1.807, 2.05) is 0 Å². The van der Waals surface area contributed by atoms with E-state index in [2.05, 4.69) is 147 Å². The van der Waals surface area contributed by atoms with E-state index in [-0.39, 0.29) is 5.41 Å². The Morgan fingerprint density at radius 3 is 2.12 bits per heavy atom. The second-order valence-corrected chi connectivity index (χ2v) is 12.1. The van der Waals surface area contributed by atoms with Crippen molar-refractivity contribution in [3.8, 4) is 33.4 Å². The molecule has 0 fully saturated rings. The molecule has 0 unspecified atom stereocenters. The molecule has 0 atom stereocenters. The Morgan fingerprint density at radius 1 is 0.452 bits per heavy atom. The summed E-state index contributed by atoms with van der Waals surface area (Å²) < 4.78 is 6.50. The summed E-state index contributed by atoms with van der Waals surface area (Å²) in [6.07, 6.45) is 0. The van der Waals surface area contributed by atoms with Gasteiger partial charge in [-0.3, -0.25) is 0 Å². The molecule has 0 N–H and O–H groups in total. The molecule has 1 heteroatoms. The third-order valence-electron chi connectivity index (χ3n) is 9.46. The minimum atomic E-state index is -0.111. The van der Waals surface area contributed by atoms with Crippen LogP contribution in [0.25, 0.3) is 76.9 Å². The van der Waals surface area contributed by atoms with Crippen LogP contribution in [0.5, 0.6) is 0 Å². The Kier molecular flexibility index (Phi) is 4.73. The van der Waals surface area contributed by atoms with E-state index in [9.17, 15) is 0 Å². The van der Waals surface area contributed by atoms with Gasteiger partial charge in [0.1, 0.15) is 11.2 Å². The highest BCUT2D eigenvalue weighted by Crippen LogP contribution is 2.52. The van der Waals surface area contributed by atoms with Crippen molar-refractivity contribution < 1.29 is 4.42 Å². The molecule has 0 saturated heterocycles. The normalized spacial score (nSPS) is 13.7. The zero-order chi connectivity index (χ0) is 28.0. The van der Waals surface area contributed by atoms with Gasteiger partial charge < -0.3 is 4.42 Å². The lowest BCUT2D eigenvalue weighted by Crippen LogP contribution is -2.15. The van der Waals surface area contributed by atoms with Gasteiger partial charge >= 0.3 is 0 Å². The quantitative estimate of drug-likeness (QED) is 0.214. The molecule has 1 aromatic heterocycles. The van der Waals surface area contributed by atoms with Crippen molar-refractivity contribution in [2.75, 3.05) is 0 Å². The molecule has 1 heterocycles. The Labute approximate surface area is 244 Å².